The number of nitrogens with one attached hydrogen (secondary N) is 2. The Hall–Kier alpha value is -5.22. The second kappa shape index (κ2) is 17.2. The van der Waals surface area contributed by atoms with Crippen molar-refractivity contribution in [3.63, 3.8) is 0 Å². The van der Waals surface area contributed by atoms with Crippen LogP contribution in [0.5, 0.6) is 17.2 Å². The summed E-state index contributed by atoms with van der Waals surface area (Å²) in [5.74, 6) is 0.413. The highest BCUT2D eigenvalue weighted by molar-refractivity contribution is 7.91. The van der Waals surface area contributed by atoms with Crippen LogP contribution in [0.1, 0.15) is 94.9 Å². The molecule has 8 rings (SSSR count). The average Bonchev–Trinajstić information content (AvgIpc) is 4.02. The van der Waals surface area contributed by atoms with E-state index >= 15 is 0 Å². The van der Waals surface area contributed by atoms with Gasteiger partial charge in [-0.2, -0.15) is 0 Å². The maximum Gasteiger partial charge on any atom is 0.321 e. The van der Waals surface area contributed by atoms with Crippen LogP contribution in [0, 0.1) is 12.8 Å². The highest BCUT2D eigenvalue weighted by Gasteiger charge is 2.63. The van der Waals surface area contributed by atoms with Gasteiger partial charge in [0.2, 0.25) is 15.9 Å². The summed E-state index contributed by atoms with van der Waals surface area (Å²) in [6.07, 6.45) is 7.76. The fourth-order valence-electron chi connectivity index (χ4n) is 8.44. The van der Waals surface area contributed by atoms with E-state index in [1.54, 1.807) is 30.9 Å². The van der Waals surface area contributed by atoms with Crippen LogP contribution in [0.15, 0.2) is 60.0 Å². The van der Waals surface area contributed by atoms with Gasteiger partial charge in [0.1, 0.15) is 45.6 Å². The van der Waals surface area contributed by atoms with Crippen LogP contribution in [0.2, 0.25) is 0 Å². The molecule has 4 heterocycles. The summed E-state index contributed by atoms with van der Waals surface area (Å²) in [5, 5.41) is 6.50. The normalized spacial score (nSPS) is 24.3. The van der Waals surface area contributed by atoms with E-state index in [0.29, 0.717) is 54.4 Å². The Bertz CT molecular complexity index is 2500. The number of hydrogen-bond donors (Lipinski definition) is 2. The highest BCUT2D eigenvalue weighted by Crippen LogP contribution is 2.48. The molecule has 330 valence electrons. The molecule has 0 bridgehead atoms. The third kappa shape index (κ3) is 8.59. The summed E-state index contributed by atoms with van der Waals surface area (Å²) in [6, 6.07) is 11.8. The van der Waals surface area contributed by atoms with Crippen LogP contribution in [0.3, 0.4) is 0 Å². The van der Waals surface area contributed by atoms with E-state index in [1.165, 1.54) is 11.3 Å². The zero-order valence-electron chi connectivity index (χ0n) is 36.2. The number of sulfonamides is 1. The number of allylic oxidation sites excluding steroid dienone is 1. The highest BCUT2D eigenvalue weighted by atomic mass is 32.2. The van der Waals surface area contributed by atoms with Crippen LogP contribution >= 0.6 is 11.3 Å². The predicted molar refractivity (Wildman–Crippen MR) is 238 cm³/mol. The van der Waals surface area contributed by atoms with Gasteiger partial charge in [-0.05, 0) is 88.1 Å². The van der Waals surface area contributed by atoms with Gasteiger partial charge in [-0.3, -0.25) is 14.3 Å². The molecule has 14 nitrogen and oxygen atoms in total. The Balaban J connectivity index is 1.15. The number of carbonyl (C=O) groups is 3. The summed E-state index contributed by atoms with van der Waals surface area (Å²) in [6.45, 7) is 8.58. The first-order chi connectivity index (χ1) is 29.6. The number of amides is 4. The zero-order valence-corrected chi connectivity index (χ0v) is 37.9. The number of hydrogen-bond acceptors (Lipinski definition) is 11. The van der Waals surface area contributed by atoms with Gasteiger partial charge in [-0.15, -0.1) is 11.3 Å². The summed E-state index contributed by atoms with van der Waals surface area (Å²) >= 11 is 1.50. The minimum Gasteiger partial charge on any atom is -0.497 e. The number of methoxy groups -OCH3 is 2. The molecule has 2 aliphatic heterocycles. The molecule has 4 aliphatic rings. The van der Waals surface area contributed by atoms with E-state index in [4.69, 9.17) is 24.2 Å². The average molecular weight is 885 g/mol. The molecule has 16 heteroatoms. The van der Waals surface area contributed by atoms with E-state index in [9.17, 15) is 22.8 Å². The van der Waals surface area contributed by atoms with Crippen molar-refractivity contribution in [3.05, 3.63) is 76.8 Å². The lowest BCUT2D eigenvalue weighted by Crippen LogP contribution is -2.58. The maximum absolute atomic E-state index is 15.0. The Kier molecular flexibility index (Phi) is 12.0. The number of benzene rings is 2. The molecule has 2 N–H and O–H groups in total. The molecular formula is C46H56N6O8S2. The molecule has 0 radical (unpaired) electrons. The fourth-order valence-corrected chi connectivity index (χ4v) is 10.7. The smallest absolute Gasteiger partial charge is 0.321 e. The maximum atomic E-state index is 15.0. The minimum absolute atomic E-state index is 0.0777. The van der Waals surface area contributed by atoms with Gasteiger partial charge in [0.25, 0.3) is 5.91 Å². The molecule has 2 saturated carbocycles. The van der Waals surface area contributed by atoms with Crippen molar-refractivity contribution in [3.8, 4) is 28.0 Å². The third-order valence-electron chi connectivity index (χ3n) is 12.9. The van der Waals surface area contributed by atoms with Gasteiger partial charge in [0.05, 0.1) is 36.7 Å². The van der Waals surface area contributed by atoms with Crippen molar-refractivity contribution >= 4 is 50.1 Å². The van der Waals surface area contributed by atoms with Crippen LogP contribution in [0.4, 0.5) is 4.79 Å². The molecule has 4 aromatic rings. The first-order valence-electron chi connectivity index (χ1n) is 21.5. The Morgan fingerprint density at radius 2 is 1.81 bits per heavy atom. The molecular weight excluding hydrogens is 829 g/mol. The lowest BCUT2D eigenvalue weighted by molar-refractivity contribution is -0.131. The first kappa shape index (κ1) is 43.4. The summed E-state index contributed by atoms with van der Waals surface area (Å²) in [4.78, 5) is 57.1. The molecule has 4 unspecified atom stereocenters. The van der Waals surface area contributed by atoms with Crippen molar-refractivity contribution in [2.45, 2.75) is 114 Å². The second-order valence-electron chi connectivity index (χ2n) is 17.7. The third-order valence-corrected chi connectivity index (χ3v) is 15.9. The van der Waals surface area contributed by atoms with Gasteiger partial charge in [0.15, 0.2) is 0 Å². The molecule has 2 aliphatic carbocycles. The molecule has 0 spiro atoms. The van der Waals surface area contributed by atoms with E-state index in [0.717, 1.165) is 52.9 Å². The van der Waals surface area contributed by atoms with Gasteiger partial charge in [-0.25, -0.2) is 23.2 Å². The predicted octanol–water partition coefficient (Wildman–Crippen LogP) is 7.25. The second-order valence-corrected chi connectivity index (χ2v) is 20.7. The molecule has 4 atom stereocenters. The van der Waals surface area contributed by atoms with Crippen LogP contribution in [-0.2, 0) is 26.2 Å². The molecule has 3 fully saturated rings. The number of fused-ring (bicyclic) bond motifs is 3. The lowest BCUT2D eigenvalue weighted by Gasteiger charge is -2.32. The Morgan fingerprint density at radius 1 is 1.03 bits per heavy atom. The Morgan fingerprint density at radius 3 is 2.50 bits per heavy atom. The van der Waals surface area contributed by atoms with E-state index in [2.05, 4.69) is 23.9 Å². The molecule has 2 aromatic heterocycles. The van der Waals surface area contributed by atoms with Crippen molar-refractivity contribution in [1.82, 2.24) is 29.8 Å². The summed E-state index contributed by atoms with van der Waals surface area (Å²) < 4.78 is 45.9. The number of carbonyl (C=O) groups excluding carboxylic acids is 3. The number of aromatic nitrogens is 2. The fraction of sp³-hybridized carbons (Fsp3) is 0.500. The van der Waals surface area contributed by atoms with Gasteiger partial charge < -0.3 is 29.3 Å². The molecule has 62 heavy (non-hydrogen) atoms. The van der Waals surface area contributed by atoms with E-state index in [1.807, 2.05) is 66.9 Å². The van der Waals surface area contributed by atoms with Crippen molar-refractivity contribution in [1.29, 1.82) is 0 Å². The van der Waals surface area contributed by atoms with Crippen LogP contribution in [-0.4, -0.2) is 95.8 Å². The van der Waals surface area contributed by atoms with E-state index < -0.39 is 50.2 Å². The number of ether oxygens (including phenoxy) is 3. The minimum atomic E-state index is -3.98. The first-order valence-corrected chi connectivity index (χ1v) is 23.9. The number of thiazole rings is 1. The molecule has 4 amide bonds. The monoisotopic (exact) mass is 884 g/mol. The van der Waals surface area contributed by atoms with Gasteiger partial charge >= 0.3 is 6.03 Å². The largest absolute Gasteiger partial charge is 0.497 e. The quantitative estimate of drug-likeness (QED) is 0.146. The summed E-state index contributed by atoms with van der Waals surface area (Å²) in [7, 11) is -0.764. The number of urea groups is 1. The molecule has 2 aromatic carbocycles. The molecule has 1 saturated heterocycles. The standard InChI is InChI=1S/C46H56N6O8S2/c1-28(2)36-27-61-42(48-36)35-23-39(34-17-18-38(59-6)29(3)40(34)47-35)60-33-22-37-41(53)49-46(43(54)50-62(56,57)45(4)19-20-45)24-31(46)12-10-8-7-9-11-21-51(44(55)52(37)26-33)25-30-13-15-32(58-5)16-14-30/h10,12-18,23,27-28,31,33,37H,7-9,11,19-22,24-26H2,1-6H3,(H,49,53)(H,50,54)/b12-10-. The van der Waals surface area contributed by atoms with Crippen molar-refractivity contribution < 1.29 is 37.0 Å². The number of nitrogens with zero attached hydrogens (tertiary/aromatic N) is 4. The topological polar surface area (TPSA) is 169 Å². The van der Waals surface area contributed by atoms with Crippen molar-refractivity contribution in [2.24, 2.45) is 5.92 Å². The number of rotatable bonds is 11. The zero-order chi connectivity index (χ0) is 44.0. The van der Waals surface area contributed by atoms with E-state index in [-0.39, 0.29) is 31.3 Å². The van der Waals surface area contributed by atoms with Crippen LogP contribution in [0.25, 0.3) is 21.6 Å². The van der Waals surface area contributed by atoms with Crippen LogP contribution < -0.4 is 24.2 Å². The Labute approximate surface area is 367 Å². The van der Waals surface area contributed by atoms with Gasteiger partial charge in [-0.1, -0.05) is 44.6 Å². The number of pyridine rings is 1. The lowest BCUT2D eigenvalue weighted by atomic mass is 10.1. The SMILES string of the molecule is COc1ccc(CN2CCCCC/C=C\C3CC3(C(=O)NS(=O)(=O)C3(C)CC3)NC(=O)C3CC(Oc4cc(-c5nc(C(C)C)cs5)nc5c(C)c(OC)ccc45)CN3C2=O)cc1. The van der Waals surface area contributed by atoms with Gasteiger partial charge in [0, 0.05) is 47.8 Å². The summed E-state index contributed by atoms with van der Waals surface area (Å²) in [5.41, 5.74) is 2.51. The van der Waals surface area contributed by atoms with Crippen molar-refractivity contribution in [2.75, 3.05) is 27.3 Å². The number of aryl methyl sites for hydroxylation is 1.